The van der Waals surface area contributed by atoms with E-state index in [9.17, 15) is 9.59 Å². The van der Waals surface area contributed by atoms with E-state index in [2.05, 4.69) is 27.7 Å². The van der Waals surface area contributed by atoms with Crippen LogP contribution in [0.4, 0.5) is 0 Å². The van der Waals surface area contributed by atoms with Gasteiger partial charge < -0.3 is 9.47 Å². The highest BCUT2D eigenvalue weighted by Crippen LogP contribution is 2.35. The molecule has 0 saturated heterocycles. The molecule has 166 valence electrons. The first kappa shape index (κ1) is 24.4. The lowest BCUT2D eigenvalue weighted by molar-refractivity contribution is -0.165. The molecule has 0 aliphatic heterocycles. The summed E-state index contributed by atoms with van der Waals surface area (Å²) in [6.45, 7) is 11.7. The molecule has 0 saturated carbocycles. The Morgan fingerprint density at radius 2 is 1.48 bits per heavy atom. The minimum absolute atomic E-state index is 0.0269. The first-order chi connectivity index (χ1) is 14.6. The molecule has 31 heavy (non-hydrogen) atoms. The Labute approximate surface area is 186 Å². The summed E-state index contributed by atoms with van der Waals surface area (Å²) < 4.78 is 11.1. The van der Waals surface area contributed by atoms with Crippen LogP contribution in [-0.2, 0) is 14.3 Å². The number of esters is 1. The van der Waals surface area contributed by atoms with Gasteiger partial charge in [0.1, 0.15) is 5.75 Å². The van der Waals surface area contributed by atoms with E-state index >= 15 is 0 Å². The fourth-order valence-electron chi connectivity index (χ4n) is 3.46. The molecule has 4 heteroatoms. The van der Waals surface area contributed by atoms with Crippen molar-refractivity contribution in [2.24, 2.45) is 17.3 Å². The Bertz CT molecular complexity index is 892. The highest BCUT2D eigenvalue weighted by molar-refractivity contribution is 5.91. The van der Waals surface area contributed by atoms with Crippen molar-refractivity contribution in [3.05, 3.63) is 60.2 Å². The monoisotopic (exact) mass is 422 g/mol. The van der Waals surface area contributed by atoms with E-state index in [0.29, 0.717) is 11.7 Å². The second-order valence-electron chi connectivity index (χ2n) is 8.95. The number of carbonyl (C=O) groups is 2. The van der Waals surface area contributed by atoms with E-state index in [0.717, 1.165) is 23.1 Å². The normalized spacial score (nSPS) is 13.4. The molecule has 0 heterocycles. The van der Waals surface area contributed by atoms with Gasteiger partial charge in [-0.15, -0.1) is 0 Å². The number of carbonyl (C=O) groups excluding carboxylic acids is 2. The van der Waals surface area contributed by atoms with Crippen molar-refractivity contribution in [2.75, 3.05) is 6.79 Å². The van der Waals surface area contributed by atoms with Gasteiger partial charge >= 0.3 is 5.97 Å². The van der Waals surface area contributed by atoms with Crippen molar-refractivity contribution >= 4 is 17.8 Å². The quantitative estimate of drug-likeness (QED) is 0.248. The molecule has 2 aromatic rings. The van der Waals surface area contributed by atoms with Gasteiger partial charge in [0.25, 0.3) is 0 Å². The predicted octanol–water partition coefficient (Wildman–Crippen LogP) is 6.54. The molecule has 0 spiro atoms. The summed E-state index contributed by atoms with van der Waals surface area (Å²) in [5.41, 5.74) is 2.58. The third-order valence-corrected chi connectivity index (χ3v) is 5.60. The van der Waals surface area contributed by atoms with Gasteiger partial charge in [-0.3, -0.25) is 9.59 Å². The summed E-state index contributed by atoms with van der Waals surface area (Å²) in [4.78, 5) is 23.7. The fraction of sp³-hybridized carbons (Fsp3) is 0.407. The molecule has 2 aromatic carbocycles. The molecule has 0 aliphatic carbocycles. The number of ketones is 1. The van der Waals surface area contributed by atoms with Crippen molar-refractivity contribution in [1.82, 2.24) is 0 Å². The number of rotatable bonds is 10. The van der Waals surface area contributed by atoms with Crippen molar-refractivity contribution in [3.63, 3.8) is 0 Å². The van der Waals surface area contributed by atoms with E-state index in [1.54, 1.807) is 12.2 Å². The Morgan fingerprint density at radius 3 is 1.97 bits per heavy atom. The SMILES string of the molecule is CC(=O)/C=C/c1ccc(-c2ccc(OCOC(=O)C(C)(CC(C)C)C(C)C)cc2)cc1. The second-order valence-corrected chi connectivity index (χ2v) is 8.95. The van der Waals surface area contributed by atoms with Gasteiger partial charge in [0, 0.05) is 0 Å². The number of allylic oxidation sites excluding steroid dienone is 1. The van der Waals surface area contributed by atoms with Crippen LogP contribution in [0, 0.1) is 17.3 Å². The van der Waals surface area contributed by atoms with Crippen LogP contribution < -0.4 is 4.74 Å². The van der Waals surface area contributed by atoms with Crippen LogP contribution in [0.1, 0.15) is 53.5 Å². The zero-order valence-corrected chi connectivity index (χ0v) is 19.5. The molecule has 0 aliphatic rings. The van der Waals surface area contributed by atoms with Crippen LogP contribution in [0.15, 0.2) is 54.6 Å². The number of benzene rings is 2. The maximum atomic E-state index is 12.7. The van der Waals surface area contributed by atoms with Crippen molar-refractivity contribution in [1.29, 1.82) is 0 Å². The molecule has 1 unspecified atom stereocenters. The van der Waals surface area contributed by atoms with Gasteiger partial charge in [-0.2, -0.15) is 0 Å². The Kier molecular flexibility index (Phi) is 8.61. The molecule has 1 atom stereocenters. The zero-order valence-electron chi connectivity index (χ0n) is 19.5. The first-order valence-corrected chi connectivity index (χ1v) is 10.8. The molecule has 0 radical (unpaired) electrons. The van der Waals surface area contributed by atoms with Crippen LogP contribution in [0.25, 0.3) is 17.2 Å². The summed E-state index contributed by atoms with van der Waals surface area (Å²) in [5, 5.41) is 0. The molecule has 0 amide bonds. The second kappa shape index (κ2) is 10.9. The van der Waals surface area contributed by atoms with Gasteiger partial charge in [-0.05, 0) is 67.0 Å². The topological polar surface area (TPSA) is 52.6 Å². The zero-order chi connectivity index (χ0) is 23.0. The Morgan fingerprint density at radius 1 is 0.935 bits per heavy atom. The van der Waals surface area contributed by atoms with Crippen molar-refractivity contribution in [3.8, 4) is 16.9 Å². The number of hydrogen-bond donors (Lipinski definition) is 0. The Hall–Kier alpha value is -2.88. The van der Waals surface area contributed by atoms with Crippen molar-refractivity contribution in [2.45, 2.75) is 48.0 Å². The van der Waals surface area contributed by atoms with Crippen LogP contribution in [0.5, 0.6) is 5.75 Å². The average molecular weight is 423 g/mol. The predicted molar refractivity (Wildman–Crippen MR) is 126 cm³/mol. The number of hydrogen-bond acceptors (Lipinski definition) is 4. The molecule has 0 fully saturated rings. The van der Waals surface area contributed by atoms with Crippen LogP contribution in [-0.4, -0.2) is 18.5 Å². The lowest BCUT2D eigenvalue weighted by atomic mass is 9.73. The van der Waals surface area contributed by atoms with Crippen molar-refractivity contribution < 1.29 is 19.1 Å². The maximum absolute atomic E-state index is 12.7. The molecule has 2 rings (SSSR count). The minimum Gasteiger partial charge on any atom is -0.457 e. The molecular formula is C27H34O4. The van der Waals surface area contributed by atoms with Gasteiger partial charge in [-0.25, -0.2) is 0 Å². The fourth-order valence-corrected chi connectivity index (χ4v) is 3.46. The van der Waals surface area contributed by atoms with E-state index in [-0.39, 0.29) is 24.5 Å². The highest BCUT2D eigenvalue weighted by atomic mass is 16.7. The average Bonchev–Trinajstić information content (AvgIpc) is 2.72. The first-order valence-electron chi connectivity index (χ1n) is 10.8. The molecule has 4 nitrogen and oxygen atoms in total. The van der Waals surface area contributed by atoms with E-state index in [1.165, 1.54) is 6.92 Å². The van der Waals surface area contributed by atoms with E-state index in [4.69, 9.17) is 9.47 Å². The summed E-state index contributed by atoms with van der Waals surface area (Å²) >= 11 is 0. The molecule has 0 bridgehead atoms. The summed E-state index contributed by atoms with van der Waals surface area (Å²) in [6.07, 6.45) is 4.14. The van der Waals surface area contributed by atoms with E-state index < -0.39 is 5.41 Å². The van der Waals surface area contributed by atoms with Crippen LogP contribution in [0.2, 0.25) is 0 Å². The maximum Gasteiger partial charge on any atom is 0.314 e. The Balaban J connectivity index is 1.94. The van der Waals surface area contributed by atoms with Gasteiger partial charge in [-0.1, -0.05) is 70.2 Å². The lowest BCUT2D eigenvalue weighted by Crippen LogP contribution is -2.37. The molecular weight excluding hydrogens is 388 g/mol. The number of ether oxygens (including phenoxy) is 2. The largest absolute Gasteiger partial charge is 0.457 e. The van der Waals surface area contributed by atoms with Gasteiger partial charge in [0.2, 0.25) is 6.79 Å². The van der Waals surface area contributed by atoms with Crippen LogP contribution in [0.3, 0.4) is 0 Å². The van der Waals surface area contributed by atoms with Gasteiger partial charge in [0.15, 0.2) is 5.78 Å². The van der Waals surface area contributed by atoms with Gasteiger partial charge in [0.05, 0.1) is 5.41 Å². The smallest absolute Gasteiger partial charge is 0.314 e. The summed E-state index contributed by atoms with van der Waals surface area (Å²) in [7, 11) is 0. The third-order valence-electron chi connectivity index (χ3n) is 5.60. The molecule has 0 aromatic heterocycles. The van der Waals surface area contributed by atoms with E-state index in [1.807, 2.05) is 55.5 Å². The van der Waals surface area contributed by atoms with Crippen LogP contribution >= 0.6 is 0 Å². The highest BCUT2D eigenvalue weighted by Gasteiger charge is 2.38. The lowest BCUT2D eigenvalue weighted by Gasteiger charge is -2.32. The minimum atomic E-state index is -0.521. The molecule has 0 N–H and O–H groups in total. The third kappa shape index (κ3) is 7.09. The summed E-state index contributed by atoms with van der Waals surface area (Å²) in [6, 6.07) is 15.6. The standard InChI is InChI=1S/C27H34O4/c1-19(2)17-27(6,20(3)4)26(29)31-18-30-25-15-13-24(14-16-25)23-11-9-22(10-12-23)8-7-21(5)28/h7-16,19-20H,17-18H2,1-6H3/b8-7+. The summed E-state index contributed by atoms with van der Waals surface area (Å²) in [5.74, 6) is 1.05.